The summed E-state index contributed by atoms with van der Waals surface area (Å²) < 4.78 is 2.26. The molecule has 2 aromatic carbocycles. The van der Waals surface area contributed by atoms with E-state index >= 15 is 0 Å². The molecule has 0 saturated carbocycles. The zero-order chi connectivity index (χ0) is 15.7. The molecule has 0 radical (unpaired) electrons. The van der Waals surface area contributed by atoms with Crippen LogP contribution in [0.3, 0.4) is 0 Å². The molecule has 2 heteroatoms. The molecule has 0 N–H and O–H groups in total. The predicted octanol–water partition coefficient (Wildman–Crippen LogP) is 7.55. The van der Waals surface area contributed by atoms with E-state index in [1.807, 2.05) is 27.7 Å². The van der Waals surface area contributed by atoms with Crippen molar-refractivity contribution in [2.45, 2.75) is 41.5 Å². The Labute approximate surface area is 140 Å². The fourth-order valence-corrected chi connectivity index (χ4v) is 2.61. The van der Waals surface area contributed by atoms with Crippen LogP contribution in [-0.2, 0) is 0 Å². The van der Waals surface area contributed by atoms with Gasteiger partial charge in [-0.2, -0.15) is 0 Å². The molecule has 0 aliphatic rings. The van der Waals surface area contributed by atoms with Crippen LogP contribution in [0.15, 0.2) is 45.3 Å². The molecule has 110 valence electrons. The minimum Gasteiger partial charge on any atom is -0.0683 e. The standard InChI is InChI=1S/C14H12Br2.2C2H6/c1-9-3-5-13(15)11(7-9)12-8-10(2)4-6-14(12)16;2*1-2/h3-8H,1-2H3;2*1-2H3. The SMILES string of the molecule is CC.CC.Cc1ccc(Br)c(-c2cc(C)ccc2Br)c1. The number of halogens is 2. The van der Waals surface area contributed by atoms with Crippen molar-refractivity contribution in [1.29, 1.82) is 0 Å². The van der Waals surface area contributed by atoms with Crippen molar-refractivity contribution in [1.82, 2.24) is 0 Å². The van der Waals surface area contributed by atoms with E-state index in [1.54, 1.807) is 0 Å². The first-order chi connectivity index (χ1) is 9.58. The number of hydrogen-bond donors (Lipinski definition) is 0. The minimum absolute atomic E-state index is 1.13. The Hall–Kier alpha value is -0.600. The third-order valence-electron chi connectivity index (χ3n) is 2.53. The molecule has 2 aromatic rings. The van der Waals surface area contributed by atoms with Crippen LogP contribution in [0.2, 0.25) is 0 Å². The van der Waals surface area contributed by atoms with Crippen LogP contribution in [0.1, 0.15) is 38.8 Å². The first-order valence-electron chi connectivity index (χ1n) is 7.10. The van der Waals surface area contributed by atoms with E-state index in [9.17, 15) is 0 Å². The van der Waals surface area contributed by atoms with Crippen molar-refractivity contribution in [3.05, 3.63) is 56.5 Å². The first-order valence-corrected chi connectivity index (χ1v) is 8.69. The second-order valence-electron chi connectivity index (χ2n) is 3.97. The Kier molecular flexibility index (Phi) is 9.87. The molecule has 0 nitrogen and oxygen atoms in total. The molecule has 0 aromatic heterocycles. The summed E-state index contributed by atoms with van der Waals surface area (Å²) in [5.41, 5.74) is 5.00. The molecule has 0 unspecified atom stereocenters. The van der Waals surface area contributed by atoms with Gasteiger partial charge in [0.1, 0.15) is 0 Å². The summed E-state index contributed by atoms with van der Waals surface area (Å²) in [5.74, 6) is 0. The van der Waals surface area contributed by atoms with Gasteiger partial charge in [0.15, 0.2) is 0 Å². The van der Waals surface area contributed by atoms with Crippen LogP contribution in [0, 0.1) is 13.8 Å². The fourth-order valence-electron chi connectivity index (χ4n) is 1.69. The minimum atomic E-state index is 1.13. The van der Waals surface area contributed by atoms with Crippen LogP contribution in [-0.4, -0.2) is 0 Å². The number of aryl methyl sites for hydroxylation is 2. The number of rotatable bonds is 1. The molecule has 0 aliphatic heterocycles. The Morgan fingerprint density at radius 2 is 0.900 bits per heavy atom. The summed E-state index contributed by atoms with van der Waals surface area (Å²) in [5, 5.41) is 0. The maximum atomic E-state index is 3.61. The molecule has 0 aliphatic carbocycles. The monoisotopic (exact) mass is 398 g/mol. The Bertz CT molecular complexity index is 481. The summed E-state index contributed by atoms with van der Waals surface area (Å²) in [6, 6.07) is 12.8. The molecule has 0 bridgehead atoms. The Morgan fingerprint density at radius 1 is 0.600 bits per heavy atom. The maximum Gasteiger partial charge on any atom is 0.0254 e. The van der Waals surface area contributed by atoms with Gasteiger partial charge in [-0.25, -0.2) is 0 Å². The van der Waals surface area contributed by atoms with E-state index in [2.05, 4.69) is 82.1 Å². The van der Waals surface area contributed by atoms with Gasteiger partial charge in [-0.3, -0.25) is 0 Å². The highest BCUT2D eigenvalue weighted by molar-refractivity contribution is 9.11. The normalized spacial score (nSPS) is 9.00. The summed E-state index contributed by atoms with van der Waals surface area (Å²) in [6.07, 6.45) is 0. The Balaban J connectivity index is 0.000000829. The van der Waals surface area contributed by atoms with E-state index in [0.29, 0.717) is 0 Å². The third kappa shape index (κ3) is 5.41. The second-order valence-corrected chi connectivity index (χ2v) is 5.68. The van der Waals surface area contributed by atoms with E-state index in [0.717, 1.165) is 8.95 Å². The van der Waals surface area contributed by atoms with Crippen LogP contribution >= 0.6 is 31.9 Å². The quantitative estimate of drug-likeness (QED) is 0.464. The molecule has 0 amide bonds. The van der Waals surface area contributed by atoms with E-state index < -0.39 is 0 Å². The third-order valence-corrected chi connectivity index (χ3v) is 3.92. The highest BCUT2D eigenvalue weighted by Crippen LogP contribution is 2.34. The van der Waals surface area contributed by atoms with Gasteiger partial charge in [0, 0.05) is 8.95 Å². The van der Waals surface area contributed by atoms with Gasteiger partial charge in [0.05, 0.1) is 0 Å². The fraction of sp³-hybridized carbons (Fsp3) is 0.333. The molecule has 0 saturated heterocycles. The average molecular weight is 400 g/mol. The van der Waals surface area contributed by atoms with Gasteiger partial charge in [-0.15, -0.1) is 0 Å². The largest absolute Gasteiger partial charge is 0.0683 e. The lowest BCUT2D eigenvalue weighted by Gasteiger charge is -2.09. The molecular weight excluding hydrogens is 376 g/mol. The van der Waals surface area contributed by atoms with Crippen molar-refractivity contribution < 1.29 is 0 Å². The molecule has 0 atom stereocenters. The molecule has 0 fully saturated rings. The van der Waals surface area contributed by atoms with Crippen LogP contribution < -0.4 is 0 Å². The van der Waals surface area contributed by atoms with Gasteiger partial charge < -0.3 is 0 Å². The Morgan fingerprint density at radius 3 is 1.20 bits per heavy atom. The first kappa shape index (κ1) is 19.4. The van der Waals surface area contributed by atoms with E-state index in [4.69, 9.17) is 0 Å². The molecule has 20 heavy (non-hydrogen) atoms. The zero-order valence-corrected chi connectivity index (χ0v) is 16.4. The van der Waals surface area contributed by atoms with Crippen LogP contribution in [0.4, 0.5) is 0 Å². The maximum absolute atomic E-state index is 3.61. The van der Waals surface area contributed by atoms with E-state index in [1.165, 1.54) is 22.3 Å². The molecule has 2 rings (SSSR count). The van der Waals surface area contributed by atoms with Crippen molar-refractivity contribution in [2.24, 2.45) is 0 Å². The van der Waals surface area contributed by atoms with Crippen molar-refractivity contribution >= 4 is 31.9 Å². The lowest BCUT2D eigenvalue weighted by atomic mass is 10.0. The van der Waals surface area contributed by atoms with Crippen molar-refractivity contribution in [3.63, 3.8) is 0 Å². The number of benzene rings is 2. The molecular formula is C18H24Br2. The lowest BCUT2D eigenvalue weighted by Crippen LogP contribution is -1.85. The van der Waals surface area contributed by atoms with Gasteiger partial charge in [0.25, 0.3) is 0 Å². The smallest absolute Gasteiger partial charge is 0.0254 e. The highest BCUT2D eigenvalue weighted by atomic mass is 79.9. The number of hydrogen-bond acceptors (Lipinski definition) is 0. The van der Waals surface area contributed by atoms with Crippen molar-refractivity contribution in [2.75, 3.05) is 0 Å². The van der Waals surface area contributed by atoms with Crippen LogP contribution in [0.5, 0.6) is 0 Å². The summed E-state index contributed by atoms with van der Waals surface area (Å²) in [4.78, 5) is 0. The van der Waals surface area contributed by atoms with Crippen LogP contribution in [0.25, 0.3) is 11.1 Å². The second kappa shape index (κ2) is 10.2. The van der Waals surface area contributed by atoms with Gasteiger partial charge >= 0.3 is 0 Å². The summed E-state index contributed by atoms with van der Waals surface area (Å²) in [7, 11) is 0. The van der Waals surface area contributed by atoms with Crippen molar-refractivity contribution in [3.8, 4) is 11.1 Å². The topological polar surface area (TPSA) is 0 Å². The van der Waals surface area contributed by atoms with Gasteiger partial charge in [-0.1, -0.05) is 94.9 Å². The average Bonchev–Trinajstić information content (AvgIpc) is 2.48. The predicted molar refractivity (Wildman–Crippen MR) is 99.4 cm³/mol. The highest BCUT2D eigenvalue weighted by Gasteiger charge is 2.07. The van der Waals surface area contributed by atoms with Gasteiger partial charge in [0.2, 0.25) is 0 Å². The van der Waals surface area contributed by atoms with Gasteiger partial charge in [-0.05, 0) is 37.1 Å². The van der Waals surface area contributed by atoms with E-state index in [-0.39, 0.29) is 0 Å². The summed E-state index contributed by atoms with van der Waals surface area (Å²) >= 11 is 7.21. The molecule has 0 spiro atoms. The molecule has 0 heterocycles. The zero-order valence-electron chi connectivity index (χ0n) is 13.2. The lowest BCUT2D eigenvalue weighted by molar-refractivity contribution is 1.41. The summed E-state index contributed by atoms with van der Waals surface area (Å²) in [6.45, 7) is 12.2.